The SMILES string of the molecule is CNC(=O)c1ccc(C)c(Nc2nc(SC)nc(Cl)c2C(N)=O)c1. The molecule has 0 bridgehead atoms. The molecule has 0 aliphatic heterocycles. The van der Waals surface area contributed by atoms with E-state index in [9.17, 15) is 9.59 Å². The molecule has 1 aromatic carbocycles. The summed E-state index contributed by atoms with van der Waals surface area (Å²) in [6.45, 7) is 1.86. The molecule has 126 valence electrons. The molecular formula is C15H16ClN5O2S. The fourth-order valence-electron chi connectivity index (χ4n) is 1.98. The van der Waals surface area contributed by atoms with Crippen LogP contribution in [0.4, 0.5) is 11.5 Å². The minimum Gasteiger partial charge on any atom is -0.365 e. The third-order valence-electron chi connectivity index (χ3n) is 3.25. The lowest BCUT2D eigenvalue weighted by Gasteiger charge is -2.14. The third kappa shape index (κ3) is 3.77. The van der Waals surface area contributed by atoms with E-state index in [4.69, 9.17) is 17.3 Å². The highest BCUT2D eigenvalue weighted by Gasteiger charge is 2.19. The number of thioether (sulfide) groups is 1. The Kier molecular flexibility index (Phi) is 5.63. The van der Waals surface area contributed by atoms with E-state index >= 15 is 0 Å². The van der Waals surface area contributed by atoms with E-state index in [-0.39, 0.29) is 22.4 Å². The van der Waals surface area contributed by atoms with Crippen molar-refractivity contribution in [3.63, 3.8) is 0 Å². The number of primary amides is 1. The van der Waals surface area contributed by atoms with Crippen molar-refractivity contribution in [3.8, 4) is 0 Å². The van der Waals surface area contributed by atoms with E-state index in [1.807, 2.05) is 6.92 Å². The molecule has 24 heavy (non-hydrogen) atoms. The Labute approximate surface area is 148 Å². The first-order valence-electron chi connectivity index (χ1n) is 6.88. The maximum absolute atomic E-state index is 11.8. The van der Waals surface area contributed by atoms with Crippen molar-refractivity contribution < 1.29 is 9.59 Å². The second kappa shape index (κ2) is 7.50. The molecule has 0 saturated heterocycles. The molecule has 2 rings (SSSR count). The van der Waals surface area contributed by atoms with Crippen LogP contribution in [0.5, 0.6) is 0 Å². The zero-order valence-electron chi connectivity index (χ0n) is 13.3. The van der Waals surface area contributed by atoms with Crippen LogP contribution in [0.25, 0.3) is 0 Å². The summed E-state index contributed by atoms with van der Waals surface area (Å²) < 4.78 is 0. The molecule has 4 N–H and O–H groups in total. The number of halogens is 1. The monoisotopic (exact) mass is 365 g/mol. The van der Waals surface area contributed by atoms with E-state index in [1.54, 1.807) is 31.5 Å². The summed E-state index contributed by atoms with van der Waals surface area (Å²) in [5.41, 5.74) is 7.32. The Morgan fingerprint density at radius 1 is 1.29 bits per heavy atom. The van der Waals surface area contributed by atoms with Gasteiger partial charge in [0.15, 0.2) is 5.16 Å². The van der Waals surface area contributed by atoms with Crippen LogP contribution in [0, 0.1) is 6.92 Å². The van der Waals surface area contributed by atoms with Crippen LogP contribution in [0.3, 0.4) is 0 Å². The van der Waals surface area contributed by atoms with Gasteiger partial charge < -0.3 is 16.4 Å². The molecule has 0 aliphatic rings. The number of benzene rings is 1. The second-order valence-corrected chi connectivity index (χ2v) is 5.95. The van der Waals surface area contributed by atoms with Crippen molar-refractivity contribution >= 4 is 46.7 Å². The predicted molar refractivity (Wildman–Crippen MR) is 95.2 cm³/mol. The van der Waals surface area contributed by atoms with E-state index in [1.165, 1.54) is 11.8 Å². The first-order valence-corrected chi connectivity index (χ1v) is 8.48. The molecule has 2 amide bonds. The molecular weight excluding hydrogens is 350 g/mol. The Morgan fingerprint density at radius 3 is 2.58 bits per heavy atom. The van der Waals surface area contributed by atoms with Gasteiger partial charge in [0.2, 0.25) is 0 Å². The summed E-state index contributed by atoms with van der Waals surface area (Å²) >= 11 is 7.33. The second-order valence-electron chi connectivity index (χ2n) is 4.82. The third-order valence-corrected chi connectivity index (χ3v) is 4.07. The molecule has 0 fully saturated rings. The first-order chi connectivity index (χ1) is 11.4. The first kappa shape index (κ1) is 18.0. The molecule has 1 heterocycles. The zero-order chi connectivity index (χ0) is 17.9. The minimum atomic E-state index is -0.740. The number of amides is 2. The topological polar surface area (TPSA) is 110 Å². The smallest absolute Gasteiger partial charge is 0.255 e. The minimum absolute atomic E-state index is 0.000729. The van der Waals surface area contributed by atoms with Gasteiger partial charge in [-0.05, 0) is 30.9 Å². The number of rotatable bonds is 5. The van der Waals surface area contributed by atoms with Crippen LogP contribution in [0.1, 0.15) is 26.3 Å². The number of hydrogen-bond donors (Lipinski definition) is 3. The number of anilines is 2. The highest BCUT2D eigenvalue weighted by molar-refractivity contribution is 7.98. The largest absolute Gasteiger partial charge is 0.365 e. The summed E-state index contributed by atoms with van der Waals surface area (Å²) in [6.07, 6.45) is 1.79. The molecule has 0 atom stereocenters. The average Bonchev–Trinajstić information content (AvgIpc) is 2.55. The van der Waals surface area contributed by atoms with Crippen molar-refractivity contribution in [2.45, 2.75) is 12.1 Å². The van der Waals surface area contributed by atoms with Crippen molar-refractivity contribution in [1.82, 2.24) is 15.3 Å². The zero-order valence-corrected chi connectivity index (χ0v) is 14.9. The van der Waals surface area contributed by atoms with Crippen molar-refractivity contribution in [1.29, 1.82) is 0 Å². The fraction of sp³-hybridized carbons (Fsp3) is 0.200. The number of aryl methyl sites for hydroxylation is 1. The lowest BCUT2D eigenvalue weighted by atomic mass is 10.1. The predicted octanol–water partition coefficient (Wildman–Crippen LogP) is 2.36. The van der Waals surface area contributed by atoms with Crippen molar-refractivity contribution in [3.05, 3.63) is 40.0 Å². The van der Waals surface area contributed by atoms with Crippen LogP contribution in [-0.4, -0.2) is 35.1 Å². The summed E-state index contributed by atoms with van der Waals surface area (Å²) in [6, 6.07) is 5.15. The number of nitrogens with one attached hydrogen (secondary N) is 2. The van der Waals surface area contributed by atoms with Crippen molar-refractivity contribution in [2.24, 2.45) is 5.73 Å². The van der Waals surface area contributed by atoms with Crippen LogP contribution in [0.2, 0.25) is 5.15 Å². The highest BCUT2D eigenvalue weighted by Crippen LogP contribution is 2.28. The van der Waals surface area contributed by atoms with Crippen LogP contribution in [0.15, 0.2) is 23.4 Å². The van der Waals surface area contributed by atoms with Gasteiger partial charge in [-0.2, -0.15) is 0 Å². The number of carbonyl (C=O) groups excluding carboxylic acids is 2. The standard InChI is InChI=1S/C15H16ClN5O2S/c1-7-4-5-8(14(23)18-2)6-9(7)19-13-10(12(17)22)11(16)20-15(21-13)24-3/h4-6H,1-3H3,(H2,17,22)(H,18,23)(H,19,20,21). The van der Waals surface area contributed by atoms with Gasteiger partial charge in [-0.25, -0.2) is 9.97 Å². The van der Waals surface area contributed by atoms with Gasteiger partial charge in [0, 0.05) is 18.3 Å². The molecule has 0 unspecified atom stereocenters. The molecule has 0 saturated carbocycles. The van der Waals surface area contributed by atoms with Gasteiger partial charge in [-0.3, -0.25) is 9.59 Å². The van der Waals surface area contributed by atoms with Gasteiger partial charge >= 0.3 is 0 Å². The van der Waals surface area contributed by atoms with Crippen molar-refractivity contribution in [2.75, 3.05) is 18.6 Å². The summed E-state index contributed by atoms with van der Waals surface area (Å²) in [5, 5.41) is 5.96. The Morgan fingerprint density at radius 2 is 2.00 bits per heavy atom. The lowest BCUT2D eigenvalue weighted by molar-refractivity contribution is 0.0961. The molecule has 1 aromatic heterocycles. The van der Waals surface area contributed by atoms with Gasteiger partial charge in [0.05, 0.1) is 0 Å². The number of aromatic nitrogens is 2. The van der Waals surface area contributed by atoms with Crippen LogP contribution >= 0.6 is 23.4 Å². The maximum atomic E-state index is 11.8. The molecule has 7 nitrogen and oxygen atoms in total. The normalized spacial score (nSPS) is 10.3. The van der Waals surface area contributed by atoms with Gasteiger partial charge in [0.25, 0.3) is 11.8 Å². The summed E-state index contributed by atoms with van der Waals surface area (Å²) in [5.74, 6) is -0.766. The van der Waals surface area contributed by atoms with Crippen LogP contribution in [-0.2, 0) is 0 Å². The summed E-state index contributed by atoms with van der Waals surface area (Å²) in [4.78, 5) is 31.7. The number of hydrogen-bond acceptors (Lipinski definition) is 6. The Bertz CT molecular complexity index is 813. The fourth-order valence-corrected chi connectivity index (χ4v) is 2.66. The quantitative estimate of drug-likeness (QED) is 0.426. The molecule has 0 spiro atoms. The van der Waals surface area contributed by atoms with Crippen LogP contribution < -0.4 is 16.4 Å². The highest BCUT2D eigenvalue weighted by atomic mass is 35.5. The van der Waals surface area contributed by atoms with Gasteiger partial charge in [-0.1, -0.05) is 29.4 Å². The van der Waals surface area contributed by atoms with Gasteiger partial charge in [0.1, 0.15) is 16.5 Å². The van der Waals surface area contributed by atoms with E-state index in [2.05, 4.69) is 20.6 Å². The summed E-state index contributed by atoms with van der Waals surface area (Å²) in [7, 11) is 1.55. The molecule has 2 aromatic rings. The maximum Gasteiger partial charge on any atom is 0.255 e. The molecule has 0 aliphatic carbocycles. The van der Waals surface area contributed by atoms with E-state index in [0.717, 1.165) is 5.56 Å². The Hall–Kier alpha value is -2.32. The van der Waals surface area contributed by atoms with E-state index < -0.39 is 5.91 Å². The van der Waals surface area contributed by atoms with E-state index in [0.29, 0.717) is 16.4 Å². The molecule has 9 heteroatoms. The number of nitrogens with zero attached hydrogens (tertiary/aromatic N) is 2. The van der Waals surface area contributed by atoms with Gasteiger partial charge in [-0.15, -0.1) is 0 Å². The molecule has 0 radical (unpaired) electrons. The average molecular weight is 366 g/mol. The Balaban J connectivity index is 2.53. The number of nitrogens with two attached hydrogens (primary N) is 1. The lowest BCUT2D eigenvalue weighted by Crippen LogP contribution is -2.18. The number of carbonyl (C=O) groups is 2.